The van der Waals surface area contributed by atoms with E-state index >= 15 is 0 Å². The minimum atomic E-state index is -0.654. The van der Waals surface area contributed by atoms with Gasteiger partial charge < -0.3 is 21.4 Å². The summed E-state index contributed by atoms with van der Waals surface area (Å²) in [6.45, 7) is 16.3. The zero-order chi connectivity index (χ0) is 38.2. The number of carboxylic acids is 2. The van der Waals surface area contributed by atoms with Crippen molar-refractivity contribution in [2.45, 2.75) is 221 Å². The third-order valence-corrected chi connectivity index (χ3v) is 7.93. The maximum absolute atomic E-state index is 10.3. The standard InChI is InChI=1S/2C18H36O2.C3H3O.C3H7.O.Ti/c2*1-17(2)15-13-11-9-7-5-3-4-6-8-10-12-14-16-18(19)20;1-2-3-4;1-3-2;;/h2*17H,3-16H2,1-2H3,(H,19,20);2H,1H2;3H,1-2H3;;/q;;2*-1;;+2. The number of carbonyl (C=O) groups excluding carboxylic acids is 1. The average molecular weight is 731 g/mol. The van der Waals surface area contributed by atoms with E-state index in [0.717, 1.165) is 64.0 Å². The van der Waals surface area contributed by atoms with Crippen LogP contribution in [0.1, 0.15) is 221 Å². The van der Waals surface area contributed by atoms with Gasteiger partial charge in [0.25, 0.3) is 0 Å². The van der Waals surface area contributed by atoms with Crippen molar-refractivity contribution < 1.29 is 48.3 Å². The number of carbonyl (C=O) groups is 2. The summed E-state index contributed by atoms with van der Waals surface area (Å²) >= 11 is 0.750. The SMILES string of the molecule is C=C[C-]=O.CC(C)CCCCCCCCCCCCCCC(=O)O.CC(C)CCCCCCCCCCCCCCC(=O)O.C[CH-]C.[O]=[Ti+2]. The van der Waals surface area contributed by atoms with E-state index in [0.29, 0.717) is 12.8 Å². The van der Waals surface area contributed by atoms with E-state index in [-0.39, 0.29) is 0 Å². The van der Waals surface area contributed by atoms with Crippen LogP contribution in [0, 0.1) is 18.3 Å². The van der Waals surface area contributed by atoms with E-state index in [2.05, 4.69) is 34.3 Å². The summed E-state index contributed by atoms with van der Waals surface area (Å²) in [4.78, 5) is 29.6. The van der Waals surface area contributed by atoms with Gasteiger partial charge in [-0.05, 0) is 31.0 Å². The number of unbranched alkanes of at least 4 members (excludes halogenated alkanes) is 22. The summed E-state index contributed by atoms with van der Waals surface area (Å²) in [5.41, 5.74) is 0. The van der Waals surface area contributed by atoms with Gasteiger partial charge in [0.15, 0.2) is 0 Å². The number of allylic oxidation sites excluding steroid dienone is 1. The van der Waals surface area contributed by atoms with E-state index < -0.39 is 11.9 Å². The van der Waals surface area contributed by atoms with E-state index in [1.165, 1.54) is 148 Å². The molecule has 0 heterocycles. The zero-order valence-electron chi connectivity index (χ0n) is 33.3. The average Bonchev–Trinajstić information content (AvgIpc) is 3.06. The molecule has 0 rings (SSSR count). The normalized spacial score (nSPS) is 10.0. The molecule has 0 aromatic rings. The molecule has 2 N–H and O–H groups in total. The molecule has 0 aliphatic heterocycles. The molecule has 290 valence electrons. The molecule has 0 radical (unpaired) electrons. The second-order valence-electron chi connectivity index (χ2n) is 14.0. The summed E-state index contributed by atoms with van der Waals surface area (Å²) in [5.74, 6) is 0.424. The van der Waals surface area contributed by atoms with Crippen LogP contribution in [-0.2, 0) is 38.1 Å². The summed E-state index contributed by atoms with van der Waals surface area (Å²) in [7, 11) is 0. The molecule has 6 nitrogen and oxygen atoms in total. The molecule has 0 saturated carbocycles. The Bertz CT molecular complexity index is 587. The zero-order valence-corrected chi connectivity index (χ0v) is 34.9. The van der Waals surface area contributed by atoms with Crippen molar-refractivity contribution in [3.8, 4) is 0 Å². The van der Waals surface area contributed by atoms with E-state index in [9.17, 15) is 9.59 Å². The second kappa shape index (κ2) is 56.2. The molecule has 0 amide bonds. The van der Waals surface area contributed by atoms with Gasteiger partial charge in [0.1, 0.15) is 0 Å². The molecule has 0 bridgehead atoms. The van der Waals surface area contributed by atoms with Crippen molar-refractivity contribution in [1.29, 1.82) is 0 Å². The first-order chi connectivity index (χ1) is 23.6. The predicted molar refractivity (Wildman–Crippen MR) is 206 cm³/mol. The molecule has 0 atom stereocenters. The topological polar surface area (TPSA) is 109 Å². The van der Waals surface area contributed by atoms with Crippen molar-refractivity contribution in [1.82, 2.24) is 0 Å². The molecule has 7 heteroatoms. The van der Waals surface area contributed by atoms with E-state index in [1.54, 1.807) is 0 Å². The van der Waals surface area contributed by atoms with Gasteiger partial charge in [-0.1, -0.05) is 182 Å². The fraction of sp³-hybridized carbons (Fsp3) is 0.857. The Kier molecular flexibility index (Phi) is 65.7. The first-order valence-electron chi connectivity index (χ1n) is 19.9. The molecule has 0 aromatic carbocycles. The van der Waals surface area contributed by atoms with Crippen molar-refractivity contribution in [3.05, 3.63) is 19.1 Å². The van der Waals surface area contributed by atoms with Crippen molar-refractivity contribution in [2.75, 3.05) is 0 Å². The van der Waals surface area contributed by atoms with Gasteiger partial charge in [-0.2, -0.15) is 13.8 Å². The fourth-order valence-electron chi connectivity index (χ4n) is 5.19. The van der Waals surface area contributed by atoms with Crippen LogP contribution in [0.5, 0.6) is 0 Å². The summed E-state index contributed by atoms with van der Waals surface area (Å²) < 4.78 is 8.25. The van der Waals surface area contributed by atoms with Crippen molar-refractivity contribution >= 4 is 18.2 Å². The van der Waals surface area contributed by atoms with Crippen LogP contribution in [0.4, 0.5) is 0 Å². The predicted octanol–water partition coefficient (Wildman–Crippen LogP) is 13.8. The molecule has 49 heavy (non-hydrogen) atoms. The number of hydrogen-bond donors (Lipinski definition) is 2. The van der Waals surface area contributed by atoms with Crippen LogP contribution < -0.4 is 0 Å². The molecular weight excluding hydrogens is 648 g/mol. The Labute approximate surface area is 317 Å². The molecule has 0 aromatic heterocycles. The van der Waals surface area contributed by atoms with E-state index in [4.69, 9.17) is 18.3 Å². The number of hydrogen-bond acceptors (Lipinski definition) is 4. The van der Waals surface area contributed by atoms with Gasteiger partial charge in [0.2, 0.25) is 0 Å². The third-order valence-electron chi connectivity index (χ3n) is 7.93. The summed E-state index contributed by atoms with van der Waals surface area (Å²) in [6.07, 6.45) is 39.2. The first-order valence-corrected chi connectivity index (χ1v) is 20.6. The van der Waals surface area contributed by atoms with Gasteiger partial charge in [-0.3, -0.25) is 9.59 Å². The van der Waals surface area contributed by atoms with Crippen LogP contribution in [0.15, 0.2) is 12.7 Å². The monoisotopic (exact) mass is 731 g/mol. The van der Waals surface area contributed by atoms with Crippen LogP contribution in [0.3, 0.4) is 0 Å². The quantitative estimate of drug-likeness (QED) is 0.0318. The summed E-state index contributed by atoms with van der Waals surface area (Å²) in [6, 6.07) is 0. The van der Waals surface area contributed by atoms with Crippen LogP contribution in [-0.4, -0.2) is 28.4 Å². The molecule has 0 fully saturated rings. The van der Waals surface area contributed by atoms with Crippen molar-refractivity contribution in [3.63, 3.8) is 0 Å². The number of aliphatic carboxylic acids is 2. The van der Waals surface area contributed by atoms with Gasteiger partial charge in [0.05, 0.1) is 0 Å². The first kappa shape index (κ1) is 57.2. The van der Waals surface area contributed by atoms with Crippen LogP contribution in [0.25, 0.3) is 0 Å². The minimum absolute atomic E-state index is 0.344. The van der Waals surface area contributed by atoms with Crippen molar-refractivity contribution in [2.24, 2.45) is 11.8 Å². The fourth-order valence-corrected chi connectivity index (χ4v) is 5.19. The van der Waals surface area contributed by atoms with Crippen LogP contribution in [0.2, 0.25) is 0 Å². The Balaban J connectivity index is -0.000000211. The second-order valence-corrected chi connectivity index (χ2v) is 14.0. The molecule has 0 spiro atoms. The molecule has 0 saturated heterocycles. The Morgan fingerprint density at radius 2 is 0.694 bits per heavy atom. The Hall–Kier alpha value is -1.14. The molecule has 0 aliphatic rings. The number of carboxylic acid groups (broad SMARTS) is 2. The molecule has 0 aliphatic carbocycles. The molecule has 0 unspecified atom stereocenters. The summed E-state index contributed by atoms with van der Waals surface area (Å²) in [5, 5.41) is 17.0. The van der Waals surface area contributed by atoms with Gasteiger partial charge in [0, 0.05) is 12.8 Å². The third kappa shape index (κ3) is 82.3. The Morgan fingerprint density at radius 3 is 0.837 bits per heavy atom. The maximum atomic E-state index is 10.3. The number of rotatable bonds is 31. The molecular formula is C42H82O6Ti. The van der Waals surface area contributed by atoms with Gasteiger partial charge in [-0.15, -0.1) is 0 Å². The van der Waals surface area contributed by atoms with Gasteiger partial charge in [-0.25, -0.2) is 12.7 Å². The van der Waals surface area contributed by atoms with Crippen LogP contribution >= 0.6 is 0 Å². The van der Waals surface area contributed by atoms with E-state index in [1.807, 2.05) is 20.3 Å². The van der Waals surface area contributed by atoms with Gasteiger partial charge >= 0.3 is 35.7 Å². The Morgan fingerprint density at radius 1 is 0.531 bits per heavy atom.